The molecule has 2 atom stereocenters. The molecule has 2 unspecified atom stereocenters. The second-order valence-electron chi connectivity index (χ2n) is 8.38. The standard InChI is InChI=1S/C23H22F4N4O4S/c1-30-13-21(29-14-30)36(33,34)31-11-19(16-5-7-17(24)8-6-16)20(12-31)22(32)28-10-15-3-2-4-18(9-15)35-23(25,26)27/h2-9,13-14,19-20H,10-12H2,1H3,(H,28,32). The quantitative estimate of drug-likeness (QED) is 0.478. The van der Waals surface area contributed by atoms with Crippen molar-refractivity contribution in [1.82, 2.24) is 19.2 Å². The van der Waals surface area contributed by atoms with Crippen molar-refractivity contribution >= 4 is 15.9 Å². The molecule has 0 radical (unpaired) electrons. The van der Waals surface area contributed by atoms with Crippen molar-refractivity contribution in [3.63, 3.8) is 0 Å². The number of hydrogen-bond acceptors (Lipinski definition) is 5. The van der Waals surface area contributed by atoms with Crippen molar-refractivity contribution in [1.29, 1.82) is 0 Å². The van der Waals surface area contributed by atoms with Gasteiger partial charge in [0.05, 0.1) is 12.2 Å². The average molecular weight is 527 g/mol. The van der Waals surface area contributed by atoms with E-state index in [9.17, 15) is 30.8 Å². The number of rotatable bonds is 7. The topological polar surface area (TPSA) is 93.5 Å². The van der Waals surface area contributed by atoms with E-state index in [4.69, 9.17) is 0 Å². The highest BCUT2D eigenvalue weighted by atomic mass is 32.2. The summed E-state index contributed by atoms with van der Waals surface area (Å²) in [5.41, 5.74) is 0.940. The summed E-state index contributed by atoms with van der Waals surface area (Å²) in [6, 6.07) is 10.6. The minimum atomic E-state index is -4.85. The van der Waals surface area contributed by atoms with Gasteiger partial charge in [-0.15, -0.1) is 13.2 Å². The molecule has 192 valence electrons. The van der Waals surface area contributed by atoms with Crippen molar-refractivity contribution in [3.8, 4) is 5.75 Å². The fourth-order valence-electron chi connectivity index (χ4n) is 4.10. The zero-order valence-corrected chi connectivity index (χ0v) is 19.8. The minimum Gasteiger partial charge on any atom is -0.406 e. The lowest BCUT2D eigenvalue weighted by Gasteiger charge is -2.18. The Kier molecular flexibility index (Phi) is 7.05. The number of imidazole rings is 1. The highest BCUT2D eigenvalue weighted by Crippen LogP contribution is 2.36. The molecule has 1 aliphatic rings. The fraction of sp³-hybridized carbons (Fsp3) is 0.304. The molecule has 1 aliphatic heterocycles. The first-order valence-corrected chi connectivity index (χ1v) is 12.2. The van der Waals surface area contributed by atoms with E-state index in [1.54, 1.807) is 7.05 Å². The van der Waals surface area contributed by atoms with Gasteiger partial charge in [-0.05, 0) is 35.4 Å². The van der Waals surface area contributed by atoms with Gasteiger partial charge in [-0.25, -0.2) is 17.8 Å². The molecule has 3 aromatic rings. The molecule has 0 bridgehead atoms. The van der Waals surface area contributed by atoms with Crippen molar-refractivity contribution in [2.45, 2.75) is 23.9 Å². The number of aryl methyl sites for hydroxylation is 1. The van der Waals surface area contributed by atoms with Crippen LogP contribution in [0.4, 0.5) is 17.6 Å². The second kappa shape index (κ2) is 9.90. The summed E-state index contributed by atoms with van der Waals surface area (Å²) >= 11 is 0. The molecule has 1 N–H and O–H groups in total. The molecule has 2 heterocycles. The van der Waals surface area contributed by atoms with Crippen LogP contribution in [0.2, 0.25) is 0 Å². The number of hydrogen-bond donors (Lipinski definition) is 1. The molecular formula is C23H22F4N4O4S. The van der Waals surface area contributed by atoms with Gasteiger partial charge < -0.3 is 14.6 Å². The van der Waals surface area contributed by atoms with Gasteiger partial charge in [0, 0.05) is 38.8 Å². The summed E-state index contributed by atoms with van der Waals surface area (Å²) in [6.45, 7) is -0.283. The third-order valence-electron chi connectivity index (χ3n) is 5.81. The number of nitrogens with zero attached hydrogens (tertiary/aromatic N) is 3. The first-order valence-electron chi connectivity index (χ1n) is 10.8. The molecule has 0 aliphatic carbocycles. The molecule has 4 rings (SSSR count). The second-order valence-corrected chi connectivity index (χ2v) is 10.3. The van der Waals surface area contributed by atoms with Crippen LogP contribution in [0.5, 0.6) is 5.75 Å². The molecule has 36 heavy (non-hydrogen) atoms. The predicted octanol–water partition coefficient (Wildman–Crippen LogP) is 3.18. The third-order valence-corrected chi connectivity index (χ3v) is 7.52. The molecule has 0 spiro atoms. The number of nitrogens with one attached hydrogen (secondary N) is 1. The van der Waals surface area contributed by atoms with Crippen molar-refractivity contribution in [3.05, 3.63) is 78.0 Å². The highest BCUT2D eigenvalue weighted by Gasteiger charge is 2.44. The van der Waals surface area contributed by atoms with E-state index in [1.165, 1.54) is 53.5 Å². The van der Waals surface area contributed by atoms with Crippen molar-refractivity contribution in [2.24, 2.45) is 13.0 Å². The van der Waals surface area contributed by atoms with Gasteiger partial charge >= 0.3 is 6.36 Å². The van der Waals surface area contributed by atoms with Gasteiger partial charge in [-0.3, -0.25) is 4.79 Å². The van der Waals surface area contributed by atoms with Crippen LogP contribution in [-0.4, -0.2) is 47.6 Å². The Hall–Kier alpha value is -3.45. The highest BCUT2D eigenvalue weighted by molar-refractivity contribution is 7.89. The predicted molar refractivity (Wildman–Crippen MR) is 120 cm³/mol. The van der Waals surface area contributed by atoms with Gasteiger partial charge in [0.25, 0.3) is 10.0 Å². The van der Waals surface area contributed by atoms with E-state index < -0.39 is 45.7 Å². The van der Waals surface area contributed by atoms with Crippen LogP contribution in [0, 0.1) is 11.7 Å². The number of halogens is 4. The van der Waals surface area contributed by atoms with Crippen LogP contribution in [-0.2, 0) is 28.4 Å². The number of carbonyl (C=O) groups is 1. The first-order chi connectivity index (χ1) is 16.9. The van der Waals surface area contributed by atoms with Gasteiger partial charge in [0.2, 0.25) is 5.91 Å². The molecule has 1 saturated heterocycles. The lowest BCUT2D eigenvalue weighted by Crippen LogP contribution is -2.35. The number of carbonyl (C=O) groups excluding carboxylic acids is 1. The van der Waals surface area contributed by atoms with E-state index in [0.29, 0.717) is 11.1 Å². The molecule has 0 saturated carbocycles. The van der Waals surface area contributed by atoms with Crippen molar-refractivity contribution in [2.75, 3.05) is 13.1 Å². The Labute approximate surface area is 204 Å². The molecule has 2 aromatic carbocycles. The van der Waals surface area contributed by atoms with Crippen LogP contribution in [0.15, 0.2) is 66.1 Å². The minimum absolute atomic E-state index is 0.0302. The molecule has 8 nitrogen and oxygen atoms in total. The molecule has 1 amide bonds. The summed E-state index contributed by atoms with van der Waals surface area (Å²) in [5, 5.41) is 2.51. The number of aromatic nitrogens is 2. The Bertz CT molecular complexity index is 1340. The molecular weight excluding hydrogens is 504 g/mol. The summed E-state index contributed by atoms with van der Waals surface area (Å²) in [4.78, 5) is 17.1. The number of sulfonamides is 1. The number of ether oxygens (including phenoxy) is 1. The van der Waals surface area contributed by atoms with Crippen molar-refractivity contribution < 1.29 is 35.5 Å². The van der Waals surface area contributed by atoms with E-state index in [1.807, 2.05) is 0 Å². The lowest BCUT2D eigenvalue weighted by atomic mass is 9.88. The SMILES string of the molecule is Cn1cnc(S(=O)(=O)N2CC(C(=O)NCc3cccc(OC(F)(F)F)c3)C(c3ccc(F)cc3)C2)c1. The van der Waals surface area contributed by atoms with Gasteiger partial charge in [-0.1, -0.05) is 24.3 Å². The fourth-order valence-corrected chi connectivity index (χ4v) is 5.56. The summed E-state index contributed by atoms with van der Waals surface area (Å²) < 4.78 is 83.8. The zero-order valence-electron chi connectivity index (χ0n) is 18.9. The largest absolute Gasteiger partial charge is 0.573 e. The zero-order chi connectivity index (χ0) is 26.1. The Balaban J connectivity index is 1.54. The number of alkyl halides is 3. The molecule has 13 heteroatoms. The van der Waals surface area contributed by atoms with E-state index in [-0.39, 0.29) is 24.7 Å². The normalized spacial score (nSPS) is 18.8. The van der Waals surface area contributed by atoms with Crippen LogP contribution in [0.3, 0.4) is 0 Å². The van der Waals surface area contributed by atoms with Gasteiger partial charge in [-0.2, -0.15) is 4.31 Å². The van der Waals surface area contributed by atoms with Crippen LogP contribution in [0.1, 0.15) is 17.0 Å². The summed E-state index contributed by atoms with van der Waals surface area (Å²) in [5.74, 6) is -2.80. The van der Waals surface area contributed by atoms with Crippen LogP contribution in [0.25, 0.3) is 0 Å². The number of benzene rings is 2. The van der Waals surface area contributed by atoms with Gasteiger partial charge in [0.15, 0.2) is 5.03 Å². The Morgan fingerprint density at radius 2 is 1.89 bits per heavy atom. The lowest BCUT2D eigenvalue weighted by molar-refractivity contribution is -0.274. The molecule has 1 aromatic heterocycles. The average Bonchev–Trinajstić information content (AvgIpc) is 3.45. The number of amides is 1. The maximum Gasteiger partial charge on any atom is 0.573 e. The van der Waals surface area contributed by atoms with E-state index in [0.717, 1.165) is 16.4 Å². The summed E-state index contributed by atoms with van der Waals surface area (Å²) in [6.07, 6.45) is -2.15. The maximum atomic E-state index is 13.5. The first kappa shape index (κ1) is 25.6. The summed E-state index contributed by atoms with van der Waals surface area (Å²) in [7, 11) is -2.37. The van der Waals surface area contributed by atoms with Crippen LogP contribution < -0.4 is 10.1 Å². The van der Waals surface area contributed by atoms with Crippen LogP contribution >= 0.6 is 0 Å². The van der Waals surface area contributed by atoms with E-state index in [2.05, 4.69) is 15.0 Å². The Morgan fingerprint density at radius 3 is 2.53 bits per heavy atom. The smallest absolute Gasteiger partial charge is 0.406 e. The Morgan fingerprint density at radius 1 is 1.17 bits per heavy atom. The monoisotopic (exact) mass is 526 g/mol. The molecule has 1 fully saturated rings. The third kappa shape index (κ3) is 5.85. The van der Waals surface area contributed by atoms with Gasteiger partial charge in [0.1, 0.15) is 11.6 Å². The van der Waals surface area contributed by atoms with E-state index >= 15 is 0 Å². The maximum absolute atomic E-state index is 13.5.